The number of nitrogen functional groups attached to an aromatic ring is 1. The Bertz CT molecular complexity index is 916. The molecule has 8 heteroatoms. The molecule has 1 aliphatic rings. The molecule has 0 radical (unpaired) electrons. The van der Waals surface area contributed by atoms with E-state index >= 15 is 0 Å². The molecule has 0 unspecified atom stereocenters. The molecule has 148 valence electrons. The third-order valence-corrected chi connectivity index (χ3v) is 5.00. The third kappa shape index (κ3) is 3.99. The van der Waals surface area contributed by atoms with Gasteiger partial charge in [0.05, 0.1) is 30.5 Å². The fraction of sp³-hybridized carbons (Fsp3) is 0.300. The summed E-state index contributed by atoms with van der Waals surface area (Å²) in [4.78, 5) is 26.3. The van der Waals surface area contributed by atoms with E-state index in [1.807, 2.05) is 12.1 Å². The molecule has 1 amide bonds. The van der Waals surface area contributed by atoms with Gasteiger partial charge in [-0.3, -0.25) is 4.79 Å². The summed E-state index contributed by atoms with van der Waals surface area (Å²) < 4.78 is 15.8. The maximum absolute atomic E-state index is 12.5. The van der Waals surface area contributed by atoms with Crippen LogP contribution in [-0.4, -0.2) is 44.1 Å². The predicted octanol–water partition coefficient (Wildman–Crippen LogP) is 2.68. The molecule has 0 atom stereocenters. The number of ether oxygens (including phenoxy) is 3. The molecular weight excluding hydrogens is 384 g/mol. The largest absolute Gasteiger partial charge is 0.493 e. The van der Waals surface area contributed by atoms with Gasteiger partial charge >= 0.3 is 5.97 Å². The SMILES string of the molecule is COc1cc2c(cc1OC)CN(C(=O)COC(=O)c1cccc(Cl)c1N)CC2. The zero-order valence-electron chi connectivity index (χ0n) is 15.7. The molecule has 28 heavy (non-hydrogen) atoms. The van der Waals surface area contributed by atoms with Crippen molar-refractivity contribution in [2.45, 2.75) is 13.0 Å². The van der Waals surface area contributed by atoms with Crippen LogP contribution in [0.4, 0.5) is 5.69 Å². The van der Waals surface area contributed by atoms with Gasteiger partial charge in [0.1, 0.15) is 0 Å². The Hall–Kier alpha value is -2.93. The molecule has 2 N–H and O–H groups in total. The number of esters is 1. The van der Waals surface area contributed by atoms with Crippen molar-refractivity contribution in [3.63, 3.8) is 0 Å². The average Bonchev–Trinajstić information content (AvgIpc) is 2.72. The topological polar surface area (TPSA) is 91.1 Å². The van der Waals surface area contributed by atoms with Crippen LogP contribution in [0.3, 0.4) is 0 Å². The van der Waals surface area contributed by atoms with Crippen LogP contribution in [0.25, 0.3) is 0 Å². The minimum absolute atomic E-state index is 0.134. The predicted molar refractivity (Wildman–Crippen MR) is 105 cm³/mol. The summed E-state index contributed by atoms with van der Waals surface area (Å²) in [6.45, 7) is 0.566. The van der Waals surface area contributed by atoms with E-state index in [-0.39, 0.29) is 28.8 Å². The van der Waals surface area contributed by atoms with Crippen LogP contribution >= 0.6 is 11.6 Å². The number of anilines is 1. The van der Waals surface area contributed by atoms with Gasteiger partial charge in [0.15, 0.2) is 18.1 Å². The number of hydrogen-bond acceptors (Lipinski definition) is 6. The quantitative estimate of drug-likeness (QED) is 0.608. The third-order valence-electron chi connectivity index (χ3n) is 4.67. The first-order chi connectivity index (χ1) is 13.4. The van der Waals surface area contributed by atoms with Gasteiger partial charge in [-0.15, -0.1) is 0 Å². The molecule has 0 saturated heterocycles. The maximum atomic E-state index is 12.5. The Morgan fingerprint density at radius 2 is 1.82 bits per heavy atom. The number of nitrogens with two attached hydrogens (primary N) is 1. The van der Waals surface area contributed by atoms with Crippen LogP contribution in [0.1, 0.15) is 21.5 Å². The lowest BCUT2D eigenvalue weighted by molar-refractivity contribution is -0.135. The van der Waals surface area contributed by atoms with Crippen molar-refractivity contribution in [3.8, 4) is 11.5 Å². The Balaban J connectivity index is 1.65. The van der Waals surface area contributed by atoms with E-state index in [0.29, 0.717) is 31.0 Å². The number of hydrogen-bond donors (Lipinski definition) is 1. The highest BCUT2D eigenvalue weighted by molar-refractivity contribution is 6.33. The number of rotatable bonds is 5. The highest BCUT2D eigenvalue weighted by atomic mass is 35.5. The number of carbonyl (C=O) groups is 2. The molecule has 3 rings (SSSR count). The van der Waals surface area contributed by atoms with Crippen molar-refractivity contribution in [2.24, 2.45) is 0 Å². The van der Waals surface area contributed by atoms with Gasteiger partial charge in [0, 0.05) is 13.1 Å². The highest BCUT2D eigenvalue weighted by Crippen LogP contribution is 2.33. The summed E-state index contributed by atoms with van der Waals surface area (Å²) in [5.74, 6) is 0.305. The van der Waals surface area contributed by atoms with Crippen LogP contribution in [0.15, 0.2) is 30.3 Å². The molecule has 0 aliphatic carbocycles. The molecule has 1 aliphatic heterocycles. The minimum Gasteiger partial charge on any atom is -0.493 e. The number of fused-ring (bicyclic) bond motifs is 1. The van der Waals surface area contributed by atoms with Gasteiger partial charge in [0.2, 0.25) is 0 Å². The number of carbonyl (C=O) groups excluding carboxylic acids is 2. The summed E-state index contributed by atoms with van der Waals surface area (Å²) >= 11 is 5.91. The van der Waals surface area contributed by atoms with Crippen molar-refractivity contribution in [1.29, 1.82) is 0 Å². The van der Waals surface area contributed by atoms with E-state index in [1.165, 1.54) is 6.07 Å². The molecule has 0 saturated carbocycles. The van der Waals surface area contributed by atoms with E-state index in [9.17, 15) is 9.59 Å². The summed E-state index contributed by atoms with van der Waals surface area (Å²) in [7, 11) is 3.15. The van der Waals surface area contributed by atoms with Crippen molar-refractivity contribution in [2.75, 3.05) is 33.1 Å². The second-order valence-corrected chi connectivity index (χ2v) is 6.73. The number of amides is 1. The van der Waals surface area contributed by atoms with Gasteiger partial charge in [-0.2, -0.15) is 0 Å². The molecule has 0 bridgehead atoms. The first-order valence-corrected chi connectivity index (χ1v) is 9.05. The molecule has 0 aromatic heterocycles. The van der Waals surface area contributed by atoms with E-state index < -0.39 is 5.97 Å². The average molecular weight is 405 g/mol. The molecule has 2 aromatic rings. The van der Waals surface area contributed by atoms with Crippen LogP contribution in [0.5, 0.6) is 11.5 Å². The molecule has 2 aromatic carbocycles. The first-order valence-electron chi connectivity index (χ1n) is 8.67. The Morgan fingerprint density at radius 1 is 1.14 bits per heavy atom. The standard InChI is InChI=1S/C20H21ClN2O5/c1-26-16-8-12-6-7-23(10-13(12)9-17(16)27-2)18(24)11-28-20(25)14-4-3-5-15(21)19(14)22/h3-5,8-9H,6-7,10-11,22H2,1-2H3. The van der Waals surface area contributed by atoms with E-state index in [4.69, 9.17) is 31.5 Å². The molecule has 0 fully saturated rings. The van der Waals surface area contributed by atoms with Gasteiger partial charge in [-0.05, 0) is 41.8 Å². The van der Waals surface area contributed by atoms with Crippen LogP contribution in [0.2, 0.25) is 5.02 Å². The smallest absolute Gasteiger partial charge is 0.340 e. The lowest BCUT2D eigenvalue weighted by atomic mass is 9.99. The zero-order valence-corrected chi connectivity index (χ0v) is 16.4. The minimum atomic E-state index is -0.683. The maximum Gasteiger partial charge on any atom is 0.340 e. The van der Waals surface area contributed by atoms with Crippen molar-refractivity contribution < 1.29 is 23.8 Å². The Labute approximate surface area is 167 Å². The van der Waals surface area contributed by atoms with Gasteiger partial charge in [-0.1, -0.05) is 17.7 Å². The van der Waals surface area contributed by atoms with Gasteiger partial charge in [-0.25, -0.2) is 4.79 Å². The summed E-state index contributed by atoms with van der Waals surface area (Å²) in [6.07, 6.45) is 0.677. The fourth-order valence-corrected chi connectivity index (χ4v) is 3.28. The van der Waals surface area contributed by atoms with Crippen molar-refractivity contribution >= 4 is 29.2 Å². The van der Waals surface area contributed by atoms with E-state index in [0.717, 1.165) is 11.1 Å². The van der Waals surface area contributed by atoms with Crippen molar-refractivity contribution in [3.05, 3.63) is 52.0 Å². The number of methoxy groups -OCH3 is 2. The normalized spacial score (nSPS) is 12.9. The number of halogens is 1. The Kier molecular flexibility index (Phi) is 5.94. The van der Waals surface area contributed by atoms with E-state index in [1.54, 1.807) is 31.3 Å². The highest BCUT2D eigenvalue weighted by Gasteiger charge is 2.24. The van der Waals surface area contributed by atoms with Gasteiger partial charge < -0.3 is 24.8 Å². The van der Waals surface area contributed by atoms with Crippen LogP contribution < -0.4 is 15.2 Å². The lowest BCUT2D eigenvalue weighted by Crippen LogP contribution is -2.38. The molecule has 0 spiro atoms. The Morgan fingerprint density at radius 3 is 2.50 bits per heavy atom. The first kappa shape index (κ1) is 19.8. The summed E-state index contributed by atoms with van der Waals surface area (Å²) in [5, 5.41) is 0.262. The summed E-state index contributed by atoms with van der Waals surface area (Å²) in [6, 6.07) is 8.47. The number of para-hydroxylation sites is 1. The van der Waals surface area contributed by atoms with Gasteiger partial charge in [0.25, 0.3) is 5.91 Å². The number of nitrogens with zero attached hydrogens (tertiary/aromatic N) is 1. The molecule has 1 heterocycles. The summed E-state index contributed by atoms with van der Waals surface area (Å²) in [5.41, 5.74) is 8.14. The second-order valence-electron chi connectivity index (χ2n) is 6.32. The van der Waals surface area contributed by atoms with Crippen LogP contribution in [0, 0.1) is 0 Å². The second kappa shape index (κ2) is 8.39. The lowest BCUT2D eigenvalue weighted by Gasteiger charge is -2.29. The monoisotopic (exact) mass is 404 g/mol. The number of benzene rings is 2. The zero-order chi connectivity index (χ0) is 20.3. The van der Waals surface area contributed by atoms with Crippen molar-refractivity contribution in [1.82, 2.24) is 4.90 Å². The fourth-order valence-electron chi connectivity index (χ4n) is 3.11. The van der Waals surface area contributed by atoms with Crippen LogP contribution in [-0.2, 0) is 22.5 Å². The molecule has 7 nitrogen and oxygen atoms in total. The van der Waals surface area contributed by atoms with E-state index in [2.05, 4.69) is 0 Å². The molecular formula is C20H21ClN2O5.